The van der Waals surface area contributed by atoms with Crippen LogP contribution in [0.1, 0.15) is 25.8 Å². The average molecular weight is 250 g/mol. The van der Waals surface area contributed by atoms with Crippen molar-refractivity contribution in [3.05, 3.63) is 22.8 Å². The minimum Gasteiger partial charge on any atom is -0.355 e. The van der Waals surface area contributed by atoms with E-state index in [0.29, 0.717) is 16.5 Å². The molecule has 0 spiro atoms. The van der Waals surface area contributed by atoms with Crippen LogP contribution in [0.15, 0.2) is 12.3 Å². The molecule has 0 bridgehead atoms. The Balaban J connectivity index is 2.27. The molecule has 1 fully saturated rings. The Morgan fingerprint density at radius 3 is 2.88 bits per heavy atom. The number of aromatic nitrogens is 1. The fourth-order valence-corrected chi connectivity index (χ4v) is 2.47. The Bertz CT molecular complexity index is 452. The van der Waals surface area contributed by atoms with Gasteiger partial charge < -0.3 is 4.90 Å². The van der Waals surface area contributed by atoms with Crippen LogP contribution in [-0.4, -0.2) is 18.1 Å². The van der Waals surface area contributed by atoms with Crippen molar-refractivity contribution >= 4 is 17.4 Å². The van der Waals surface area contributed by atoms with E-state index in [1.165, 1.54) is 0 Å². The Morgan fingerprint density at radius 2 is 2.24 bits per heavy atom. The van der Waals surface area contributed by atoms with Crippen LogP contribution in [0.4, 0.5) is 5.82 Å². The molecular weight excluding hydrogens is 234 g/mol. The summed E-state index contributed by atoms with van der Waals surface area (Å²) in [6.45, 7) is 6.46. The van der Waals surface area contributed by atoms with E-state index >= 15 is 0 Å². The third-order valence-corrected chi connectivity index (χ3v) is 4.00. The number of nitrogens with zero attached hydrogens (tertiary/aromatic N) is 3. The Morgan fingerprint density at radius 1 is 1.47 bits per heavy atom. The summed E-state index contributed by atoms with van der Waals surface area (Å²) in [4.78, 5) is 6.50. The number of halogens is 1. The maximum absolute atomic E-state index is 8.95. The van der Waals surface area contributed by atoms with Gasteiger partial charge in [0.1, 0.15) is 16.9 Å². The minimum atomic E-state index is 0.483. The second kappa shape index (κ2) is 4.93. The summed E-state index contributed by atoms with van der Waals surface area (Å²) in [6.07, 6.45) is 2.80. The first-order chi connectivity index (χ1) is 8.13. The molecule has 1 aromatic rings. The molecule has 1 aromatic heterocycles. The highest BCUT2D eigenvalue weighted by atomic mass is 35.5. The van der Waals surface area contributed by atoms with Gasteiger partial charge in [0, 0.05) is 19.3 Å². The summed E-state index contributed by atoms with van der Waals surface area (Å²) in [5.74, 6) is 2.13. The number of rotatable bonds is 1. The molecule has 2 rings (SSSR count). The zero-order valence-corrected chi connectivity index (χ0v) is 10.9. The molecule has 17 heavy (non-hydrogen) atoms. The molecule has 2 atom stereocenters. The fraction of sp³-hybridized carbons (Fsp3) is 0.538. The van der Waals surface area contributed by atoms with Crippen molar-refractivity contribution in [3.63, 3.8) is 0 Å². The highest BCUT2D eigenvalue weighted by Crippen LogP contribution is 2.31. The number of anilines is 1. The molecule has 0 amide bonds. The molecule has 1 aliphatic rings. The zero-order valence-electron chi connectivity index (χ0n) is 10.2. The van der Waals surface area contributed by atoms with E-state index in [1.807, 2.05) is 0 Å². The smallest absolute Gasteiger partial charge is 0.148 e. The third-order valence-electron chi connectivity index (χ3n) is 3.62. The van der Waals surface area contributed by atoms with Gasteiger partial charge in [-0.05, 0) is 24.3 Å². The van der Waals surface area contributed by atoms with Gasteiger partial charge in [-0.25, -0.2) is 4.98 Å². The van der Waals surface area contributed by atoms with Gasteiger partial charge in [-0.3, -0.25) is 0 Å². The molecule has 4 heteroatoms. The largest absolute Gasteiger partial charge is 0.355 e. The molecule has 0 radical (unpaired) electrons. The SMILES string of the molecule is CC1CCN(c2nccc(C#N)c2Cl)CC1C. The van der Waals surface area contributed by atoms with Crippen molar-refractivity contribution in [3.8, 4) is 6.07 Å². The fourth-order valence-electron chi connectivity index (χ4n) is 2.19. The highest BCUT2D eigenvalue weighted by Gasteiger charge is 2.25. The first kappa shape index (κ1) is 12.2. The van der Waals surface area contributed by atoms with Gasteiger partial charge in [-0.2, -0.15) is 5.26 Å². The number of pyridine rings is 1. The van der Waals surface area contributed by atoms with E-state index in [1.54, 1.807) is 12.3 Å². The second-order valence-electron chi connectivity index (χ2n) is 4.80. The van der Waals surface area contributed by atoms with Crippen molar-refractivity contribution in [1.82, 2.24) is 4.98 Å². The van der Waals surface area contributed by atoms with Crippen LogP contribution < -0.4 is 4.90 Å². The predicted molar refractivity (Wildman–Crippen MR) is 69.1 cm³/mol. The third kappa shape index (κ3) is 2.37. The van der Waals surface area contributed by atoms with Crippen LogP contribution in [0.3, 0.4) is 0 Å². The normalized spacial score (nSPS) is 24.5. The Hall–Kier alpha value is -1.27. The van der Waals surface area contributed by atoms with Crippen molar-refractivity contribution < 1.29 is 0 Å². The minimum absolute atomic E-state index is 0.483. The van der Waals surface area contributed by atoms with E-state index in [9.17, 15) is 0 Å². The number of hydrogen-bond donors (Lipinski definition) is 0. The summed E-state index contributed by atoms with van der Waals surface area (Å²) in [5, 5.41) is 9.44. The molecule has 2 heterocycles. The molecule has 0 N–H and O–H groups in total. The monoisotopic (exact) mass is 249 g/mol. The maximum Gasteiger partial charge on any atom is 0.148 e. The van der Waals surface area contributed by atoms with Gasteiger partial charge in [-0.15, -0.1) is 0 Å². The van der Waals surface area contributed by atoms with Crippen molar-refractivity contribution in [1.29, 1.82) is 5.26 Å². The van der Waals surface area contributed by atoms with E-state index in [-0.39, 0.29) is 0 Å². The summed E-state index contributed by atoms with van der Waals surface area (Å²) in [7, 11) is 0. The number of hydrogen-bond acceptors (Lipinski definition) is 3. The quantitative estimate of drug-likeness (QED) is 0.768. The van der Waals surface area contributed by atoms with Gasteiger partial charge in [0.05, 0.1) is 5.56 Å². The molecule has 0 saturated carbocycles. The standard InChI is InChI=1S/C13H16ClN3/c1-9-4-6-17(8-10(9)2)13-12(14)11(7-15)3-5-16-13/h3,5,9-10H,4,6,8H2,1-2H3. The molecular formula is C13H16ClN3. The van der Waals surface area contributed by atoms with E-state index in [2.05, 4.69) is 29.8 Å². The Kier molecular flexibility index (Phi) is 3.54. The van der Waals surface area contributed by atoms with Crippen LogP contribution in [0, 0.1) is 23.2 Å². The van der Waals surface area contributed by atoms with Gasteiger partial charge in [0.25, 0.3) is 0 Å². The van der Waals surface area contributed by atoms with Crippen LogP contribution in [0.5, 0.6) is 0 Å². The molecule has 0 aliphatic carbocycles. The van der Waals surface area contributed by atoms with Gasteiger partial charge in [-0.1, -0.05) is 25.4 Å². The topological polar surface area (TPSA) is 39.9 Å². The van der Waals surface area contributed by atoms with Crippen molar-refractivity contribution in [2.45, 2.75) is 20.3 Å². The van der Waals surface area contributed by atoms with Crippen LogP contribution in [0.25, 0.3) is 0 Å². The number of piperidine rings is 1. The lowest BCUT2D eigenvalue weighted by atomic mass is 9.89. The van der Waals surface area contributed by atoms with E-state index < -0.39 is 0 Å². The molecule has 2 unspecified atom stereocenters. The lowest BCUT2D eigenvalue weighted by molar-refractivity contribution is 0.323. The number of nitriles is 1. The van der Waals surface area contributed by atoms with Gasteiger partial charge >= 0.3 is 0 Å². The second-order valence-corrected chi connectivity index (χ2v) is 5.18. The lowest BCUT2D eigenvalue weighted by Gasteiger charge is -2.36. The lowest BCUT2D eigenvalue weighted by Crippen LogP contribution is -2.39. The van der Waals surface area contributed by atoms with Crippen molar-refractivity contribution in [2.75, 3.05) is 18.0 Å². The molecule has 3 nitrogen and oxygen atoms in total. The summed E-state index contributed by atoms with van der Waals surface area (Å²) >= 11 is 6.20. The van der Waals surface area contributed by atoms with E-state index in [0.717, 1.165) is 31.2 Å². The molecule has 1 saturated heterocycles. The molecule has 0 aromatic carbocycles. The van der Waals surface area contributed by atoms with Crippen molar-refractivity contribution in [2.24, 2.45) is 11.8 Å². The summed E-state index contributed by atoms with van der Waals surface area (Å²) in [5.41, 5.74) is 0.503. The zero-order chi connectivity index (χ0) is 12.4. The predicted octanol–water partition coefficient (Wildman–Crippen LogP) is 3.09. The van der Waals surface area contributed by atoms with Crippen LogP contribution >= 0.6 is 11.6 Å². The van der Waals surface area contributed by atoms with Gasteiger partial charge in [0.15, 0.2) is 0 Å². The maximum atomic E-state index is 8.95. The first-order valence-electron chi connectivity index (χ1n) is 5.93. The average Bonchev–Trinajstić information content (AvgIpc) is 2.33. The molecule has 90 valence electrons. The van der Waals surface area contributed by atoms with Gasteiger partial charge in [0.2, 0.25) is 0 Å². The first-order valence-corrected chi connectivity index (χ1v) is 6.30. The van der Waals surface area contributed by atoms with E-state index in [4.69, 9.17) is 16.9 Å². The summed E-state index contributed by atoms with van der Waals surface area (Å²) in [6, 6.07) is 3.75. The van der Waals surface area contributed by atoms with Crippen LogP contribution in [-0.2, 0) is 0 Å². The summed E-state index contributed by atoms with van der Waals surface area (Å²) < 4.78 is 0. The van der Waals surface area contributed by atoms with Crippen LogP contribution in [0.2, 0.25) is 5.02 Å². The Labute approximate surface area is 107 Å². The molecule has 1 aliphatic heterocycles. The highest BCUT2D eigenvalue weighted by molar-refractivity contribution is 6.34.